The second kappa shape index (κ2) is 13.8. The summed E-state index contributed by atoms with van der Waals surface area (Å²) in [6.07, 6.45) is 4.34. The topological polar surface area (TPSA) is 45.2 Å². The van der Waals surface area contributed by atoms with E-state index in [1.54, 1.807) is 0 Å². The zero-order valence-electron chi connectivity index (χ0n) is 25.6. The maximum Gasteiger partial charge on any atom is 0.216 e. The van der Waals surface area contributed by atoms with Gasteiger partial charge in [0, 0.05) is 11.3 Å². The van der Waals surface area contributed by atoms with Crippen molar-refractivity contribution < 1.29 is 14.0 Å². The van der Waals surface area contributed by atoms with Crippen molar-refractivity contribution in [3.8, 4) is 0 Å². The number of aliphatic hydroxyl groups is 1. The van der Waals surface area contributed by atoms with Gasteiger partial charge in [0.25, 0.3) is 0 Å². The minimum atomic E-state index is -2.17. The molecule has 0 aliphatic heterocycles. The fraction of sp³-hybridized carbons (Fsp3) is 1.00. The minimum absolute atomic E-state index is 0.0807. The first-order chi connectivity index (χ1) is 15.3. The number of hydrogen-bond donors (Lipinski definition) is 1. The van der Waals surface area contributed by atoms with Crippen molar-refractivity contribution in [1.82, 2.24) is 9.80 Å². The number of hydrogen-bond acceptors (Lipinski definition) is 5. The van der Waals surface area contributed by atoms with Gasteiger partial charge in [-0.3, -0.25) is 0 Å². The summed E-state index contributed by atoms with van der Waals surface area (Å²) >= 11 is 0. The molecule has 0 bridgehead atoms. The highest BCUT2D eigenvalue weighted by Gasteiger charge is 2.52. The van der Waals surface area contributed by atoms with E-state index in [-0.39, 0.29) is 23.1 Å². The molecule has 5 nitrogen and oxygen atoms in total. The van der Waals surface area contributed by atoms with E-state index in [0.29, 0.717) is 0 Å². The van der Waals surface area contributed by atoms with Gasteiger partial charge in [0.1, 0.15) is 0 Å². The van der Waals surface area contributed by atoms with Crippen LogP contribution in [0.5, 0.6) is 0 Å². The summed E-state index contributed by atoms with van der Waals surface area (Å²) in [5.74, 6) is 0. The van der Waals surface area contributed by atoms with Crippen molar-refractivity contribution in [2.45, 2.75) is 128 Å². The minimum Gasteiger partial charge on any atom is -0.412 e. The molecule has 0 radical (unpaired) electrons. The quantitative estimate of drug-likeness (QED) is 0.212. The Morgan fingerprint density at radius 3 is 1.79 bits per heavy atom. The number of nitrogens with zero attached hydrogens (tertiary/aromatic N) is 2. The third kappa shape index (κ3) is 10.4. The van der Waals surface area contributed by atoms with Crippen LogP contribution >= 0.6 is 0 Å². The Morgan fingerprint density at radius 1 is 0.824 bits per heavy atom. The van der Waals surface area contributed by atoms with Gasteiger partial charge in [-0.15, -0.1) is 0 Å². The lowest BCUT2D eigenvalue weighted by Crippen LogP contribution is -2.66. The number of likely N-dealkylation sites (N-methyl/N-ethyl adjacent to an activating group) is 1. The first kappa shape index (κ1) is 34.5. The van der Waals surface area contributed by atoms with E-state index >= 15 is 0 Å². The Hall–Kier alpha value is 0.451. The zero-order valence-corrected chi connectivity index (χ0v) is 28.6. The van der Waals surface area contributed by atoms with Crippen molar-refractivity contribution in [2.75, 3.05) is 40.8 Å². The first-order valence-corrected chi connectivity index (χ1v) is 22.9. The number of aliphatic hydroxyl groups excluding tert-OH is 1. The molecule has 2 atom stereocenters. The summed E-state index contributed by atoms with van der Waals surface area (Å²) in [5.41, 5.74) is 0. The van der Waals surface area contributed by atoms with Crippen molar-refractivity contribution >= 4 is 24.7 Å². The Morgan fingerprint density at radius 2 is 1.35 bits per heavy atom. The maximum absolute atomic E-state index is 9.59. The third-order valence-electron chi connectivity index (χ3n) is 8.59. The van der Waals surface area contributed by atoms with Crippen molar-refractivity contribution in [1.29, 1.82) is 0 Å². The lowest BCUT2D eigenvalue weighted by Gasteiger charge is -2.52. The van der Waals surface area contributed by atoms with Gasteiger partial charge in [-0.2, -0.15) is 0 Å². The molecule has 34 heavy (non-hydrogen) atoms. The van der Waals surface area contributed by atoms with Gasteiger partial charge in [0.15, 0.2) is 8.32 Å². The van der Waals surface area contributed by atoms with E-state index in [2.05, 4.69) is 105 Å². The molecule has 0 spiro atoms. The Kier molecular flexibility index (Phi) is 14.0. The van der Waals surface area contributed by atoms with Gasteiger partial charge in [0.2, 0.25) is 8.32 Å². The molecule has 0 aromatic heterocycles. The van der Waals surface area contributed by atoms with Gasteiger partial charge in [-0.1, -0.05) is 33.0 Å². The summed E-state index contributed by atoms with van der Waals surface area (Å²) in [6, 6.07) is 2.68. The molecule has 0 aliphatic rings. The van der Waals surface area contributed by atoms with E-state index in [4.69, 9.17) is 8.85 Å². The van der Waals surface area contributed by atoms with Crippen LogP contribution in [0.1, 0.15) is 60.3 Å². The van der Waals surface area contributed by atoms with Gasteiger partial charge in [-0.05, 0) is 113 Å². The van der Waals surface area contributed by atoms with Crippen LogP contribution in [-0.2, 0) is 8.85 Å². The van der Waals surface area contributed by atoms with Crippen LogP contribution in [0, 0.1) is 0 Å². The maximum atomic E-state index is 9.59. The Balaban J connectivity index is 5.32. The molecular formula is C26H62N2O3Si3. The summed E-state index contributed by atoms with van der Waals surface area (Å²) < 4.78 is 14.3. The monoisotopic (exact) mass is 534 g/mol. The molecule has 0 aliphatic carbocycles. The third-order valence-corrected chi connectivity index (χ3v) is 20.5. The zero-order chi connectivity index (χ0) is 27.0. The standard InChI is InChI=1S/C26H62N2O3Si3/c1-15-24(23-29)28(8)20-18-22-33(11,12)31-26(5,16-2)34(13,14)30-25(3,4)32(9,10)21-17-19-27(6)7/h24,29H,15-23H2,1-14H3. The second-order valence-corrected chi connectivity index (χ2v) is 27.2. The summed E-state index contributed by atoms with van der Waals surface area (Å²) in [5, 5.41) is 9.31. The van der Waals surface area contributed by atoms with Gasteiger partial charge >= 0.3 is 0 Å². The van der Waals surface area contributed by atoms with Crippen LogP contribution in [0.4, 0.5) is 0 Å². The van der Waals surface area contributed by atoms with E-state index in [0.717, 1.165) is 38.4 Å². The summed E-state index contributed by atoms with van der Waals surface area (Å²) in [4.78, 5) is 4.59. The van der Waals surface area contributed by atoms with Crippen LogP contribution in [0.15, 0.2) is 0 Å². The van der Waals surface area contributed by atoms with Crippen LogP contribution in [0.2, 0.25) is 51.4 Å². The van der Waals surface area contributed by atoms with Crippen LogP contribution in [0.3, 0.4) is 0 Å². The molecule has 0 saturated carbocycles. The average molecular weight is 535 g/mol. The van der Waals surface area contributed by atoms with Crippen LogP contribution in [-0.4, -0.2) is 96.9 Å². The predicted octanol–water partition coefficient (Wildman–Crippen LogP) is 6.21. The van der Waals surface area contributed by atoms with Gasteiger partial charge < -0.3 is 23.8 Å². The highest BCUT2D eigenvalue weighted by molar-refractivity contribution is 6.82. The Labute approximate surface area is 217 Å². The number of rotatable bonds is 18. The molecule has 2 unspecified atom stereocenters. The highest BCUT2D eigenvalue weighted by atomic mass is 28.4. The normalized spacial score (nSPS) is 16.9. The molecule has 0 heterocycles. The van der Waals surface area contributed by atoms with Gasteiger partial charge in [0.05, 0.1) is 19.9 Å². The van der Waals surface area contributed by atoms with Crippen molar-refractivity contribution in [3.05, 3.63) is 0 Å². The molecule has 0 aromatic rings. The summed E-state index contributed by atoms with van der Waals surface area (Å²) in [7, 11) is 0.815. The molecular weight excluding hydrogens is 473 g/mol. The SMILES string of the molecule is CCC(CO)N(C)CCC[Si](C)(C)OC(C)(CC)[Si](C)(C)OC(C)(C)[Si](C)(C)CCCN(C)C. The predicted molar refractivity (Wildman–Crippen MR) is 159 cm³/mol. The smallest absolute Gasteiger partial charge is 0.216 e. The van der Waals surface area contributed by atoms with Crippen molar-refractivity contribution in [2.24, 2.45) is 0 Å². The van der Waals surface area contributed by atoms with Crippen molar-refractivity contribution in [3.63, 3.8) is 0 Å². The Bertz CT molecular complexity index is 582. The molecule has 0 saturated heterocycles. The molecule has 206 valence electrons. The van der Waals surface area contributed by atoms with E-state index < -0.39 is 24.7 Å². The summed E-state index contributed by atoms with van der Waals surface area (Å²) in [6.45, 7) is 28.4. The van der Waals surface area contributed by atoms with E-state index in [9.17, 15) is 5.11 Å². The fourth-order valence-electron chi connectivity index (χ4n) is 4.82. The second-order valence-electron chi connectivity index (χ2n) is 13.2. The molecule has 0 fully saturated rings. The van der Waals surface area contributed by atoms with Gasteiger partial charge in [-0.25, -0.2) is 0 Å². The largest absolute Gasteiger partial charge is 0.412 e. The van der Waals surface area contributed by atoms with E-state index in [1.807, 2.05) is 0 Å². The van der Waals surface area contributed by atoms with Crippen LogP contribution < -0.4 is 0 Å². The average Bonchev–Trinajstić information content (AvgIpc) is 2.66. The molecule has 0 aromatic carbocycles. The lowest BCUT2D eigenvalue weighted by molar-refractivity contribution is 0.0837. The molecule has 1 N–H and O–H groups in total. The molecule has 8 heteroatoms. The lowest BCUT2D eigenvalue weighted by atomic mass is 10.2. The van der Waals surface area contributed by atoms with E-state index in [1.165, 1.54) is 12.5 Å². The first-order valence-electron chi connectivity index (χ1n) is 13.7. The fourth-order valence-corrected chi connectivity index (χ4v) is 15.0. The molecule has 0 rings (SSSR count). The van der Waals surface area contributed by atoms with Crippen LogP contribution in [0.25, 0.3) is 0 Å². The molecule has 0 amide bonds. The highest BCUT2D eigenvalue weighted by Crippen LogP contribution is 2.39.